The molecule has 0 unspecified atom stereocenters. The molecule has 0 spiro atoms. The van der Waals surface area contributed by atoms with Gasteiger partial charge in [-0.15, -0.1) is 0 Å². The molecule has 6 heteroatoms. The van der Waals surface area contributed by atoms with Crippen molar-refractivity contribution < 1.29 is 5.43 Å². The molecule has 2 heterocycles. The molecule has 0 amide bonds. The second-order valence-electron chi connectivity index (χ2n) is 2.07. The van der Waals surface area contributed by atoms with Crippen molar-refractivity contribution in [3.63, 3.8) is 0 Å². The van der Waals surface area contributed by atoms with Gasteiger partial charge in [-0.2, -0.15) is 10.4 Å². The van der Waals surface area contributed by atoms with E-state index in [1.165, 1.54) is 6.33 Å². The Hall–Kier alpha value is -0.760. The average Bonchev–Trinajstić information content (AvgIpc) is 2.34. The topological polar surface area (TPSA) is 80.8 Å². The van der Waals surface area contributed by atoms with Gasteiger partial charge in [0.2, 0.25) is 0 Å². The van der Waals surface area contributed by atoms with Gasteiger partial charge in [0.15, 0.2) is 3.72 Å². The first kappa shape index (κ1) is 6.92. The van der Waals surface area contributed by atoms with E-state index in [1.54, 1.807) is 5.43 Å². The van der Waals surface area contributed by atoms with Gasteiger partial charge in [-0.05, 0) is 22.6 Å². The van der Waals surface area contributed by atoms with Gasteiger partial charge in [-0.25, -0.2) is 4.98 Å². The molecular weight excluding hydrogens is 257 g/mol. The number of rotatable bonds is 0. The fourth-order valence-corrected chi connectivity index (χ4v) is 1.60. The molecule has 1 aliphatic rings. The van der Waals surface area contributed by atoms with Gasteiger partial charge in [0.1, 0.15) is 17.7 Å². The van der Waals surface area contributed by atoms with E-state index in [0.717, 1.165) is 15.1 Å². The van der Waals surface area contributed by atoms with Crippen LogP contribution in [0.25, 0.3) is 0 Å². The van der Waals surface area contributed by atoms with Crippen LogP contribution in [0.15, 0.2) is 11.4 Å². The molecule has 11 heavy (non-hydrogen) atoms. The molecule has 1 aliphatic heterocycles. The largest absolute Gasteiger partial charge is 0.383 e. The summed E-state index contributed by atoms with van der Waals surface area (Å²) in [6.07, 6.45) is 1.44. The molecule has 0 atom stereocenters. The van der Waals surface area contributed by atoms with Crippen LogP contribution in [0.5, 0.6) is 0 Å². The van der Waals surface area contributed by atoms with E-state index < -0.39 is 0 Å². The van der Waals surface area contributed by atoms with Crippen molar-refractivity contribution in [3.05, 3.63) is 11.9 Å². The monoisotopic (exact) mass is 262 g/mol. The fourth-order valence-electron chi connectivity index (χ4n) is 0.905. The lowest BCUT2D eigenvalue weighted by Crippen LogP contribution is -2.70. The van der Waals surface area contributed by atoms with Gasteiger partial charge in [0, 0.05) is 0 Å². The maximum atomic E-state index is 5.61. The van der Waals surface area contributed by atoms with Crippen LogP contribution in [0.3, 0.4) is 0 Å². The Morgan fingerprint density at radius 3 is 3.00 bits per heavy atom. The number of anilines is 1. The van der Waals surface area contributed by atoms with Crippen LogP contribution >= 0.6 is 22.6 Å². The molecule has 56 valence electrons. The normalized spacial score (nSPS) is 14.5. The third kappa shape index (κ3) is 0.979. The van der Waals surface area contributed by atoms with Crippen LogP contribution in [0.4, 0.5) is 11.6 Å². The van der Waals surface area contributed by atoms with E-state index in [0.29, 0.717) is 5.82 Å². The molecule has 5 nitrogen and oxygen atoms in total. The minimum Gasteiger partial charge on any atom is -0.383 e. The van der Waals surface area contributed by atoms with E-state index in [2.05, 4.69) is 37.7 Å². The van der Waals surface area contributed by atoms with Gasteiger partial charge in [0.25, 0.3) is 5.82 Å². The zero-order valence-electron chi connectivity index (χ0n) is 5.45. The Morgan fingerprint density at radius 2 is 2.27 bits per heavy atom. The number of hydrogen-bond donors (Lipinski definition) is 2. The van der Waals surface area contributed by atoms with Crippen LogP contribution in [-0.4, -0.2) is 13.7 Å². The van der Waals surface area contributed by atoms with Crippen molar-refractivity contribution in [1.29, 1.82) is 0 Å². The molecule has 0 radical (unpaired) electrons. The van der Waals surface area contributed by atoms with Crippen LogP contribution in [0.2, 0.25) is 0 Å². The second kappa shape index (κ2) is 2.38. The molecule has 0 aliphatic carbocycles. The summed E-state index contributed by atoms with van der Waals surface area (Å²) < 4.78 is 0.857. The SMILES string of the molecule is Nc1ncnc2c1C(I)=N[NH2+]2. The van der Waals surface area contributed by atoms with Gasteiger partial charge in [-0.3, -0.25) is 0 Å². The Morgan fingerprint density at radius 1 is 1.45 bits per heavy atom. The summed E-state index contributed by atoms with van der Waals surface area (Å²) in [5, 5.41) is 4.06. The van der Waals surface area contributed by atoms with E-state index in [9.17, 15) is 0 Å². The summed E-state index contributed by atoms with van der Waals surface area (Å²) in [6.45, 7) is 0. The highest BCUT2D eigenvalue weighted by atomic mass is 127. The molecular formula is C5H5IN5+. The molecule has 4 N–H and O–H groups in total. The second-order valence-corrected chi connectivity index (χ2v) is 3.09. The number of nitrogen functional groups attached to an aromatic ring is 1. The van der Waals surface area contributed by atoms with E-state index in [-0.39, 0.29) is 0 Å². The van der Waals surface area contributed by atoms with Gasteiger partial charge in [-0.1, -0.05) is 5.10 Å². The molecule has 0 saturated carbocycles. The van der Waals surface area contributed by atoms with Crippen molar-refractivity contribution in [1.82, 2.24) is 9.97 Å². The van der Waals surface area contributed by atoms with Crippen molar-refractivity contribution in [3.8, 4) is 0 Å². The van der Waals surface area contributed by atoms with Crippen molar-refractivity contribution >= 4 is 37.9 Å². The molecule has 0 fully saturated rings. The Bertz CT molecular complexity index is 334. The van der Waals surface area contributed by atoms with Crippen molar-refractivity contribution in [2.24, 2.45) is 5.10 Å². The minimum absolute atomic E-state index is 0.497. The molecule has 1 aromatic rings. The third-order valence-electron chi connectivity index (χ3n) is 1.41. The number of hydrogen-bond acceptors (Lipinski definition) is 4. The summed E-state index contributed by atoms with van der Waals surface area (Å²) >= 11 is 2.11. The van der Waals surface area contributed by atoms with E-state index in [1.807, 2.05) is 0 Å². The number of quaternary nitrogens is 1. The summed E-state index contributed by atoms with van der Waals surface area (Å²) in [5.41, 5.74) is 8.15. The Balaban J connectivity index is 2.67. The molecule has 0 saturated heterocycles. The number of aromatic nitrogens is 2. The van der Waals surface area contributed by atoms with Crippen molar-refractivity contribution in [2.45, 2.75) is 0 Å². The lowest BCUT2D eigenvalue weighted by atomic mass is 10.3. The lowest BCUT2D eigenvalue weighted by Gasteiger charge is -1.94. The highest BCUT2D eigenvalue weighted by molar-refractivity contribution is 14.1. The predicted molar refractivity (Wildman–Crippen MR) is 48.6 cm³/mol. The van der Waals surface area contributed by atoms with Crippen molar-refractivity contribution in [2.75, 3.05) is 5.73 Å². The Kier molecular flexibility index (Phi) is 1.50. The molecule has 1 aromatic heterocycles. The maximum absolute atomic E-state index is 5.61. The molecule has 0 aromatic carbocycles. The lowest BCUT2D eigenvalue weighted by molar-refractivity contribution is -0.576. The van der Waals surface area contributed by atoms with Gasteiger partial charge >= 0.3 is 0 Å². The summed E-state index contributed by atoms with van der Waals surface area (Å²) in [6, 6.07) is 0. The number of nitrogens with two attached hydrogens (primary N) is 2. The van der Waals surface area contributed by atoms with Crippen LogP contribution < -0.4 is 11.2 Å². The first-order valence-electron chi connectivity index (χ1n) is 2.96. The summed E-state index contributed by atoms with van der Waals surface area (Å²) in [5.74, 6) is 1.30. The smallest absolute Gasteiger partial charge is 0.266 e. The van der Waals surface area contributed by atoms with Crippen LogP contribution in [-0.2, 0) is 0 Å². The number of fused-ring (bicyclic) bond motifs is 1. The molecule has 2 rings (SSSR count). The highest BCUT2D eigenvalue weighted by Gasteiger charge is 2.23. The summed E-state index contributed by atoms with van der Waals surface area (Å²) in [7, 11) is 0. The highest BCUT2D eigenvalue weighted by Crippen LogP contribution is 2.20. The first-order valence-corrected chi connectivity index (χ1v) is 4.04. The summed E-state index contributed by atoms with van der Waals surface area (Å²) in [4.78, 5) is 7.87. The zero-order valence-corrected chi connectivity index (χ0v) is 7.61. The zero-order chi connectivity index (χ0) is 7.84. The van der Waals surface area contributed by atoms with Gasteiger partial charge < -0.3 is 5.73 Å². The van der Waals surface area contributed by atoms with E-state index in [4.69, 9.17) is 5.73 Å². The van der Waals surface area contributed by atoms with Crippen LogP contribution in [0.1, 0.15) is 5.56 Å². The third-order valence-corrected chi connectivity index (χ3v) is 2.23. The minimum atomic E-state index is 0.497. The van der Waals surface area contributed by atoms with E-state index >= 15 is 0 Å². The maximum Gasteiger partial charge on any atom is 0.266 e. The molecule has 0 bridgehead atoms. The predicted octanol–water partition coefficient (Wildman–Crippen LogP) is -0.636. The van der Waals surface area contributed by atoms with Crippen LogP contribution in [0, 0.1) is 0 Å². The quantitative estimate of drug-likeness (QED) is 0.482. The number of halogens is 1. The fraction of sp³-hybridized carbons (Fsp3) is 0. The number of nitrogens with zero attached hydrogens (tertiary/aromatic N) is 3. The first-order chi connectivity index (χ1) is 5.29. The van der Waals surface area contributed by atoms with Gasteiger partial charge in [0.05, 0.1) is 0 Å². The Labute approximate surface area is 76.2 Å². The average molecular weight is 262 g/mol. The standard InChI is InChI=1S/C5H4IN5/c6-3-2-4(7)8-1-9-5(2)11-10-3/h1H,(H3,7,8,9,10,11)/p+1.